The van der Waals surface area contributed by atoms with Crippen molar-refractivity contribution >= 4 is 5.97 Å². The van der Waals surface area contributed by atoms with E-state index >= 15 is 0 Å². The first-order valence-corrected chi connectivity index (χ1v) is 5.88. The summed E-state index contributed by atoms with van der Waals surface area (Å²) in [5.41, 5.74) is 2.29. The zero-order chi connectivity index (χ0) is 12.8. The number of carbonyl (C=O) groups excluding carboxylic acids is 1. The van der Waals surface area contributed by atoms with E-state index < -0.39 is 0 Å². The molecule has 0 aliphatic carbocycles. The zero-order valence-electron chi connectivity index (χ0n) is 10.9. The quantitative estimate of drug-likeness (QED) is 0.737. The Hall–Kier alpha value is -1.51. The second-order valence-corrected chi connectivity index (χ2v) is 4.41. The van der Waals surface area contributed by atoms with Crippen LogP contribution in [-0.4, -0.2) is 18.7 Å². The van der Waals surface area contributed by atoms with Gasteiger partial charge in [0.05, 0.1) is 19.1 Å². The number of esters is 1. The van der Waals surface area contributed by atoms with Crippen molar-refractivity contribution in [2.24, 2.45) is 0 Å². The van der Waals surface area contributed by atoms with E-state index in [-0.39, 0.29) is 18.5 Å². The molecule has 1 rings (SSSR count). The van der Waals surface area contributed by atoms with E-state index in [4.69, 9.17) is 9.47 Å². The van der Waals surface area contributed by atoms with Crippen molar-refractivity contribution < 1.29 is 14.3 Å². The minimum absolute atomic E-state index is 0.0661. The molecule has 3 nitrogen and oxygen atoms in total. The molecule has 0 aromatic heterocycles. The van der Waals surface area contributed by atoms with Gasteiger partial charge in [-0.1, -0.05) is 17.7 Å². The zero-order valence-corrected chi connectivity index (χ0v) is 10.9. The van der Waals surface area contributed by atoms with Crippen molar-refractivity contribution in [2.75, 3.05) is 6.61 Å². The molecule has 0 saturated heterocycles. The highest BCUT2D eigenvalue weighted by molar-refractivity contribution is 5.69. The fourth-order valence-corrected chi connectivity index (χ4v) is 1.53. The van der Waals surface area contributed by atoms with Crippen LogP contribution < -0.4 is 4.74 Å². The lowest BCUT2D eigenvalue weighted by atomic mass is 10.1. The molecule has 0 bridgehead atoms. The highest BCUT2D eigenvalue weighted by Gasteiger charge is 2.06. The van der Waals surface area contributed by atoms with Gasteiger partial charge < -0.3 is 9.47 Å². The summed E-state index contributed by atoms with van der Waals surface area (Å²) in [5, 5.41) is 0. The first kappa shape index (κ1) is 13.6. The Morgan fingerprint density at radius 1 is 1.29 bits per heavy atom. The number of carbonyl (C=O) groups is 1. The van der Waals surface area contributed by atoms with Gasteiger partial charge in [-0.05, 0) is 39.3 Å². The summed E-state index contributed by atoms with van der Waals surface area (Å²) < 4.78 is 10.6. The van der Waals surface area contributed by atoms with Crippen LogP contribution >= 0.6 is 0 Å². The number of ether oxygens (including phenoxy) is 2. The van der Waals surface area contributed by atoms with Gasteiger partial charge >= 0.3 is 5.97 Å². The highest BCUT2D eigenvalue weighted by atomic mass is 16.5. The Balaban J connectivity index is 2.38. The SMILES string of the molecule is Cc1ccc(OCCC(=O)OC(C)C)c(C)c1. The van der Waals surface area contributed by atoms with Gasteiger partial charge in [-0.25, -0.2) is 0 Å². The summed E-state index contributed by atoms with van der Waals surface area (Å²) in [6, 6.07) is 5.98. The molecule has 3 heteroatoms. The third kappa shape index (κ3) is 4.89. The Bertz CT molecular complexity index is 383. The number of hydrogen-bond donors (Lipinski definition) is 0. The third-order valence-electron chi connectivity index (χ3n) is 2.26. The van der Waals surface area contributed by atoms with Gasteiger partial charge in [0, 0.05) is 0 Å². The van der Waals surface area contributed by atoms with Gasteiger partial charge in [0.2, 0.25) is 0 Å². The molecule has 0 heterocycles. The van der Waals surface area contributed by atoms with Crippen molar-refractivity contribution in [1.82, 2.24) is 0 Å². The van der Waals surface area contributed by atoms with Crippen molar-refractivity contribution in [3.05, 3.63) is 29.3 Å². The maximum atomic E-state index is 11.3. The van der Waals surface area contributed by atoms with Gasteiger partial charge in [0.15, 0.2) is 0 Å². The Morgan fingerprint density at radius 3 is 2.59 bits per heavy atom. The summed E-state index contributed by atoms with van der Waals surface area (Å²) in [6.45, 7) is 8.06. The molecule has 0 atom stereocenters. The van der Waals surface area contributed by atoms with Gasteiger partial charge in [-0.15, -0.1) is 0 Å². The van der Waals surface area contributed by atoms with Crippen LogP contribution in [0.2, 0.25) is 0 Å². The first-order valence-electron chi connectivity index (χ1n) is 5.88. The molecule has 0 fully saturated rings. The Labute approximate surface area is 103 Å². The lowest BCUT2D eigenvalue weighted by molar-refractivity contribution is -0.147. The van der Waals surface area contributed by atoms with E-state index in [0.29, 0.717) is 6.61 Å². The fourth-order valence-electron chi connectivity index (χ4n) is 1.53. The molecule has 0 amide bonds. The molecule has 0 N–H and O–H groups in total. The second kappa shape index (κ2) is 6.28. The summed E-state index contributed by atoms with van der Waals surface area (Å²) in [6.07, 6.45) is 0.217. The molecule has 0 saturated carbocycles. The van der Waals surface area contributed by atoms with Crippen LogP contribution in [0.3, 0.4) is 0 Å². The summed E-state index contributed by atoms with van der Waals surface area (Å²) in [4.78, 5) is 11.3. The molecule has 0 unspecified atom stereocenters. The molecule has 17 heavy (non-hydrogen) atoms. The van der Waals surface area contributed by atoms with Crippen LogP contribution in [0.4, 0.5) is 0 Å². The fraction of sp³-hybridized carbons (Fsp3) is 0.500. The van der Waals surface area contributed by atoms with E-state index in [1.165, 1.54) is 5.56 Å². The average molecular weight is 236 g/mol. The van der Waals surface area contributed by atoms with Crippen LogP contribution in [0.15, 0.2) is 18.2 Å². The molecule has 1 aromatic rings. The Kier molecular flexibility index (Phi) is 5.01. The van der Waals surface area contributed by atoms with Crippen LogP contribution in [0.1, 0.15) is 31.4 Å². The molecular formula is C14H20O3. The van der Waals surface area contributed by atoms with Crippen molar-refractivity contribution in [3.8, 4) is 5.75 Å². The van der Waals surface area contributed by atoms with E-state index in [2.05, 4.69) is 6.07 Å². The molecule has 0 radical (unpaired) electrons. The van der Waals surface area contributed by atoms with Gasteiger partial charge in [-0.2, -0.15) is 0 Å². The van der Waals surface area contributed by atoms with Gasteiger partial charge in [0.25, 0.3) is 0 Å². The lowest BCUT2D eigenvalue weighted by Crippen LogP contribution is -2.14. The van der Waals surface area contributed by atoms with Gasteiger partial charge in [0.1, 0.15) is 5.75 Å². The maximum absolute atomic E-state index is 11.3. The standard InChI is InChI=1S/C14H20O3/c1-10(2)17-14(15)7-8-16-13-6-5-11(3)9-12(13)4/h5-6,9-10H,7-8H2,1-4H3. The Morgan fingerprint density at radius 2 is 2.00 bits per heavy atom. The molecule has 94 valence electrons. The number of benzene rings is 1. The topological polar surface area (TPSA) is 35.5 Å². The normalized spacial score (nSPS) is 10.4. The summed E-state index contributed by atoms with van der Waals surface area (Å²) in [7, 11) is 0. The van der Waals surface area contributed by atoms with E-state index in [1.54, 1.807) is 0 Å². The third-order valence-corrected chi connectivity index (χ3v) is 2.26. The van der Waals surface area contributed by atoms with Crippen molar-refractivity contribution in [1.29, 1.82) is 0 Å². The van der Waals surface area contributed by atoms with E-state index in [0.717, 1.165) is 11.3 Å². The lowest BCUT2D eigenvalue weighted by Gasteiger charge is -2.10. The number of rotatable bonds is 5. The molecule has 0 aliphatic heterocycles. The average Bonchev–Trinajstić information content (AvgIpc) is 2.20. The molecule has 1 aromatic carbocycles. The molecule has 0 spiro atoms. The number of aryl methyl sites for hydroxylation is 2. The first-order chi connectivity index (χ1) is 7.99. The minimum Gasteiger partial charge on any atom is -0.493 e. The highest BCUT2D eigenvalue weighted by Crippen LogP contribution is 2.18. The summed E-state index contributed by atoms with van der Waals surface area (Å²) in [5.74, 6) is 0.609. The summed E-state index contributed by atoms with van der Waals surface area (Å²) >= 11 is 0. The van der Waals surface area contributed by atoms with Gasteiger partial charge in [-0.3, -0.25) is 4.79 Å². The second-order valence-electron chi connectivity index (χ2n) is 4.41. The van der Waals surface area contributed by atoms with E-state index in [1.807, 2.05) is 39.8 Å². The largest absolute Gasteiger partial charge is 0.493 e. The molecule has 0 aliphatic rings. The monoisotopic (exact) mass is 236 g/mol. The predicted octanol–water partition coefficient (Wildman–Crippen LogP) is 3.02. The van der Waals surface area contributed by atoms with Crippen molar-refractivity contribution in [2.45, 2.75) is 40.2 Å². The van der Waals surface area contributed by atoms with E-state index in [9.17, 15) is 4.79 Å². The predicted molar refractivity (Wildman–Crippen MR) is 67.3 cm³/mol. The van der Waals surface area contributed by atoms with Crippen LogP contribution in [0.25, 0.3) is 0 Å². The van der Waals surface area contributed by atoms with Crippen LogP contribution in [-0.2, 0) is 9.53 Å². The van der Waals surface area contributed by atoms with Crippen LogP contribution in [0.5, 0.6) is 5.75 Å². The number of hydrogen-bond acceptors (Lipinski definition) is 3. The van der Waals surface area contributed by atoms with Crippen LogP contribution in [0, 0.1) is 13.8 Å². The smallest absolute Gasteiger partial charge is 0.309 e. The molecular weight excluding hydrogens is 216 g/mol. The van der Waals surface area contributed by atoms with Crippen molar-refractivity contribution in [3.63, 3.8) is 0 Å². The maximum Gasteiger partial charge on any atom is 0.309 e. The minimum atomic E-state index is -0.218.